The maximum Gasteiger partial charge on any atom is 0.1000 e. The monoisotopic (exact) mass is 748 g/mol. The number of fused-ring (bicyclic) bond motifs is 4. The van der Waals surface area contributed by atoms with Crippen LogP contribution in [0.1, 0.15) is 0 Å². The van der Waals surface area contributed by atoms with Crippen LogP contribution in [-0.4, -0.2) is 0 Å². The molecule has 12 aromatic rings. The quantitative estimate of drug-likeness (QED) is 0.123. The molecule has 262 valence electrons. The van der Waals surface area contributed by atoms with E-state index in [0.29, 0.717) is 0 Å². The first-order valence-electron chi connectivity index (χ1n) is 19.0. The minimum atomic E-state index is 1.18. The molecule has 0 bridgehead atoms. The maximum absolute atomic E-state index is 2.52. The predicted octanol–water partition coefficient (Wildman–Crippen LogP) is 16.3. The van der Waals surface area contributed by atoms with Crippen molar-refractivity contribution < 1.29 is 0 Å². The number of benzene rings is 10. The van der Waals surface area contributed by atoms with Crippen molar-refractivity contribution in [3.63, 3.8) is 0 Å². The Morgan fingerprint density at radius 1 is 0.286 bits per heavy atom. The Kier molecular flexibility index (Phi) is 7.00. The van der Waals surface area contributed by atoms with Crippen molar-refractivity contribution in [3.05, 3.63) is 193 Å². The molecule has 0 unspecified atom stereocenters. The number of thiophene rings is 2. The predicted molar refractivity (Wildman–Crippen MR) is 245 cm³/mol. The summed E-state index contributed by atoms with van der Waals surface area (Å²) in [7, 11) is 0. The van der Waals surface area contributed by atoms with Gasteiger partial charge in [-0.3, -0.25) is 0 Å². The molecule has 0 saturated carbocycles. The zero-order valence-electron chi connectivity index (χ0n) is 30.2. The summed E-state index contributed by atoms with van der Waals surface area (Å²) < 4.78 is 0. The standard InChI is InChI=1S/C52H32N2S2/c1-5-15-39-35(11-1)31-36-12-2-6-16-40(36)51(39)53(47-19-9-29-55-47)45-27-23-33-22-26-44-46(28-24-34-21-25-43(45)49(33)50(34)44)54(48-20-10-30-56-48)52-41-17-7-3-13-37(41)32-38-14-4-8-18-42(38)52/h1-32H. The van der Waals surface area contributed by atoms with Gasteiger partial charge in [0.25, 0.3) is 0 Å². The molecule has 0 amide bonds. The smallest absolute Gasteiger partial charge is 0.1000 e. The van der Waals surface area contributed by atoms with Crippen LogP contribution in [0.4, 0.5) is 32.8 Å². The zero-order valence-corrected chi connectivity index (χ0v) is 31.8. The summed E-state index contributed by atoms with van der Waals surface area (Å²) in [6, 6.07) is 67.4. The van der Waals surface area contributed by atoms with Crippen LogP contribution in [0.3, 0.4) is 0 Å². The summed E-state index contributed by atoms with van der Waals surface area (Å²) in [5.41, 5.74) is 4.78. The number of anilines is 6. The Balaban J connectivity index is 1.17. The van der Waals surface area contributed by atoms with Crippen LogP contribution in [0.15, 0.2) is 193 Å². The zero-order chi connectivity index (χ0) is 36.7. The number of nitrogens with zero attached hydrogens (tertiary/aromatic N) is 2. The molecular weight excluding hydrogens is 717 g/mol. The Morgan fingerprint density at radius 3 is 1.00 bits per heavy atom. The van der Waals surface area contributed by atoms with E-state index in [-0.39, 0.29) is 0 Å². The number of hydrogen-bond acceptors (Lipinski definition) is 4. The third-order valence-corrected chi connectivity index (χ3v) is 13.2. The molecule has 0 radical (unpaired) electrons. The van der Waals surface area contributed by atoms with Crippen molar-refractivity contribution in [1.29, 1.82) is 0 Å². The molecule has 0 fully saturated rings. The highest BCUT2D eigenvalue weighted by molar-refractivity contribution is 7.14. The van der Waals surface area contributed by atoms with Crippen molar-refractivity contribution in [1.82, 2.24) is 0 Å². The maximum atomic E-state index is 2.52. The summed E-state index contributed by atoms with van der Waals surface area (Å²) in [4.78, 5) is 5.03. The van der Waals surface area contributed by atoms with E-state index in [2.05, 4.69) is 203 Å². The molecular formula is C52H32N2S2. The van der Waals surface area contributed by atoms with E-state index in [9.17, 15) is 0 Å². The van der Waals surface area contributed by atoms with Gasteiger partial charge in [-0.2, -0.15) is 0 Å². The molecule has 0 aliphatic heterocycles. The minimum absolute atomic E-state index is 1.18. The number of hydrogen-bond donors (Lipinski definition) is 0. The second-order valence-corrected chi connectivity index (χ2v) is 16.4. The lowest BCUT2D eigenvalue weighted by Gasteiger charge is -2.30. The molecule has 0 aliphatic carbocycles. The highest BCUT2D eigenvalue weighted by atomic mass is 32.1. The van der Waals surface area contributed by atoms with Crippen LogP contribution in [0.25, 0.3) is 75.4 Å². The fourth-order valence-corrected chi connectivity index (χ4v) is 10.6. The molecule has 2 nitrogen and oxygen atoms in total. The second-order valence-electron chi connectivity index (χ2n) is 14.5. The Labute approximate surface area is 331 Å². The van der Waals surface area contributed by atoms with Gasteiger partial charge in [-0.1, -0.05) is 133 Å². The average molecular weight is 749 g/mol. The second kappa shape index (κ2) is 12.4. The summed E-state index contributed by atoms with van der Waals surface area (Å²) in [6.45, 7) is 0. The first-order valence-corrected chi connectivity index (χ1v) is 20.7. The first kappa shape index (κ1) is 31.6. The molecule has 10 aromatic carbocycles. The fraction of sp³-hybridized carbons (Fsp3) is 0. The van der Waals surface area contributed by atoms with Crippen molar-refractivity contribution in [2.24, 2.45) is 0 Å². The Hall–Kier alpha value is -6.72. The fourth-order valence-electron chi connectivity index (χ4n) is 9.11. The summed E-state index contributed by atoms with van der Waals surface area (Å²) in [5.74, 6) is 0. The molecule has 0 aliphatic rings. The van der Waals surface area contributed by atoms with Gasteiger partial charge in [0.15, 0.2) is 0 Å². The summed E-state index contributed by atoms with van der Waals surface area (Å²) in [5, 5.41) is 24.2. The minimum Gasteiger partial charge on any atom is -0.300 e. The molecule has 2 heterocycles. The molecule has 4 heteroatoms. The third-order valence-electron chi connectivity index (χ3n) is 11.5. The molecule has 0 spiro atoms. The van der Waals surface area contributed by atoms with Crippen LogP contribution in [0, 0.1) is 0 Å². The first-order chi connectivity index (χ1) is 27.8. The lowest BCUT2D eigenvalue weighted by atomic mass is 9.91. The van der Waals surface area contributed by atoms with Gasteiger partial charge in [0.05, 0.1) is 32.8 Å². The molecule has 12 rings (SSSR count). The van der Waals surface area contributed by atoms with Crippen LogP contribution in [-0.2, 0) is 0 Å². The molecule has 56 heavy (non-hydrogen) atoms. The van der Waals surface area contributed by atoms with Crippen molar-refractivity contribution in [3.8, 4) is 0 Å². The van der Waals surface area contributed by atoms with E-state index in [1.165, 1.54) is 108 Å². The van der Waals surface area contributed by atoms with E-state index >= 15 is 0 Å². The van der Waals surface area contributed by atoms with Gasteiger partial charge in [-0.05, 0) is 102 Å². The van der Waals surface area contributed by atoms with E-state index in [1.54, 1.807) is 22.7 Å². The van der Waals surface area contributed by atoms with Crippen molar-refractivity contribution >= 4 is 131 Å². The third kappa shape index (κ3) is 4.67. The van der Waals surface area contributed by atoms with Crippen molar-refractivity contribution in [2.45, 2.75) is 0 Å². The topological polar surface area (TPSA) is 6.48 Å². The molecule has 0 atom stereocenters. The normalized spacial score (nSPS) is 11.9. The van der Waals surface area contributed by atoms with Gasteiger partial charge >= 0.3 is 0 Å². The van der Waals surface area contributed by atoms with Gasteiger partial charge in [-0.25, -0.2) is 0 Å². The van der Waals surface area contributed by atoms with Gasteiger partial charge < -0.3 is 9.80 Å². The van der Waals surface area contributed by atoms with E-state index < -0.39 is 0 Å². The van der Waals surface area contributed by atoms with Crippen LogP contribution in [0.2, 0.25) is 0 Å². The molecule has 0 saturated heterocycles. The van der Waals surface area contributed by atoms with E-state index in [1.807, 2.05) is 0 Å². The SMILES string of the molecule is c1csc(N(c2c3ccccc3cc3ccccc23)c2ccc3ccc4c(N(c5cccs5)c5c6ccccc6cc6ccccc56)ccc5ccc2c3c54)c1. The Bertz CT molecular complexity index is 3100. The van der Waals surface area contributed by atoms with Crippen LogP contribution in [0.5, 0.6) is 0 Å². The lowest BCUT2D eigenvalue weighted by Crippen LogP contribution is -2.11. The van der Waals surface area contributed by atoms with E-state index in [0.717, 1.165) is 0 Å². The largest absolute Gasteiger partial charge is 0.300 e. The lowest BCUT2D eigenvalue weighted by molar-refractivity contribution is 1.37. The number of rotatable bonds is 6. The molecule has 0 N–H and O–H groups in total. The summed E-state index contributed by atoms with van der Waals surface area (Å²) >= 11 is 3.56. The Morgan fingerprint density at radius 2 is 0.643 bits per heavy atom. The van der Waals surface area contributed by atoms with Crippen molar-refractivity contribution in [2.75, 3.05) is 9.80 Å². The van der Waals surface area contributed by atoms with Crippen LogP contribution >= 0.6 is 22.7 Å². The van der Waals surface area contributed by atoms with Crippen LogP contribution < -0.4 is 9.80 Å². The van der Waals surface area contributed by atoms with Gasteiger partial charge in [0.1, 0.15) is 0 Å². The average Bonchev–Trinajstić information content (AvgIpc) is 3.99. The highest BCUT2D eigenvalue weighted by Gasteiger charge is 2.25. The highest BCUT2D eigenvalue weighted by Crippen LogP contribution is 2.52. The van der Waals surface area contributed by atoms with Gasteiger partial charge in [-0.15, -0.1) is 22.7 Å². The van der Waals surface area contributed by atoms with Gasteiger partial charge in [0, 0.05) is 32.3 Å². The summed E-state index contributed by atoms with van der Waals surface area (Å²) in [6.07, 6.45) is 0. The van der Waals surface area contributed by atoms with Gasteiger partial charge in [0.2, 0.25) is 0 Å². The van der Waals surface area contributed by atoms with E-state index in [4.69, 9.17) is 0 Å². The molecule has 2 aromatic heterocycles.